The Bertz CT molecular complexity index is 598. The van der Waals surface area contributed by atoms with Crippen molar-refractivity contribution in [1.29, 1.82) is 0 Å². The highest BCUT2D eigenvalue weighted by molar-refractivity contribution is 6.36. The number of hydrogen-bond acceptors (Lipinski definition) is 3. The molecule has 0 saturated heterocycles. The van der Waals surface area contributed by atoms with Crippen LogP contribution >= 0.6 is 11.6 Å². The van der Waals surface area contributed by atoms with Crippen LogP contribution in [-0.4, -0.2) is 14.5 Å². The molecule has 2 rings (SSSR count). The van der Waals surface area contributed by atoms with Crippen LogP contribution in [0.5, 0.6) is 0 Å². The summed E-state index contributed by atoms with van der Waals surface area (Å²) in [7, 11) is 0. The molecule has 74 valence electrons. The quantitative estimate of drug-likeness (QED) is 0.423. The lowest BCUT2D eigenvalue weighted by Crippen LogP contribution is -1.88. The molecule has 6 nitrogen and oxygen atoms in total. The minimum absolute atomic E-state index is 0.105. The lowest BCUT2D eigenvalue weighted by molar-refractivity contribution is -0.384. The second kappa shape index (κ2) is 3.22. The second-order valence-electron chi connectivity index (χ2n) is 2.74. The van der Waals surface area contributed by atoms with Gasteiger partial charge in [-0.25, -0.2) is 9.36 Å². The zero-order valence-electron chi connectivity index (χ0n) is 7.22. The number of halogens is 1. The highest BCUT2D eigenvalue weighted by atomic mass is 35.5. The van der Waals surface area contributed by atoms with Crippen molar-refractivity contribution in [3.63, 3.8) is 0 Å². The summed E-state index contributed by atoms with van der Waals surface area (Å²) in [4.78, 5) is 13.1. The van der Waals surface area contributed by atoms with Gasteiger partial charge in [0, 0.05) is 6.07 Å². The van der Waals surface area contributed by atoms with Gasteiger partial charge in [-0.2, -0.15) is 5.10 Å². The number of nitro groups is 1. The third kappa shape index (κ3) is 1.39. The van der Waals surface area contributed by atoms with Gasteiger partial charge in [-0.15, -0.1) is 0 Å². The molecule has 0 aromatic carbocycles. The van der Waals surface area contributed by atoms with Crippen molar-refractivity contribution < 1.29 is 4.92 Å². The van der Waals surface area contributed by atoms with Crippen LogP contribution in [0.25, 0.3) is 10.4 Å². The lowest BCUT2D eigenvalue weighted by atomic mass is 10.4. The van der Waals surface area contributed by atoms with Gasteiger partial charge in [-0.05, 0) is 0 Å². The third-order valence-corrected chi connectivity index (χ3v) is 2.26. The average Bonchev–Trinajstić information content (AvgIpc) is 2.63. The Labute approximate surface area is 88.7 Å². The van der Waals surface area contributed by atoms with Crippen molar-refractivity contribution in [3.8, 4) is 0 Å². The predicted molar refractivity (Wildman–Crippen MR) is 53.1 cm³/mol. The highest BCUT2D eigenvalue weighted by Crippen LogP contribution is 2.30. The van der Waals surface area contributed by atoms with Gasteiger partial charge in [0.1, 0.15) is 6.20 Å². The van der Waals surface area contributed by atoms with Crippen molar-refractivity contribution in [2.75, 3.05) is 0 Å². The molecule has 2 aromatic rings. The molecule has 0 fully saturated rings. The summed E-state index contributed by atoms with van der Waals surface area (Å²) in [6.45, 7) is 6.81. The Morgan fingerprint density at radius 2 is 2.40 bits per heavy atom. The topological polar surface area (TPSA) is 64.8 Å². The molecule has 0 aliphatic rings. The zero-order valence-corrected chi connectivity index (χ0v) is 7.97. The van der Waals surface area contributed by atoms with Gasteiger partial charge < -0.3 is 0 Å². The van der Waals surface area contributed by atoms with Gasteiger partial charge in [0.2, 0.25) is 5.69 Å². The zero-order chi connectivity index (χ0) is 11.0. The van der Waals surface area contributed by atoms with Gasteiger partial charge in [0.25, 0.3) is 5.69 Å². The maximum atomic E-state index is 10.5. The van der Waals surface area contributed by atoms with Crippen molar-refractivity contribution in [1.82, 2.24) is 9.61 Å². The SMILES string of the molecule is [C-]#[N+]c1cnn2cc([N+](=O)[O-])cc2c1Cl. The molecule has 0 amide bonds. The van der Waals surface area contributed by atoms with Crippen LogP contribution in [0.1, 0.15) is 0 Å². The molecule has 7 heteroatoms. The van der Waals surface area contributed by atoms with E-state index >= 15 is 0 Å². The summed E-state index contributed by atoms with van der Waals surface area (Å²) in [5.74, 6) is 0. The summed E-state index contributed by atoms with van der Waals surface area (Å²) in [5, 5.41) is 14.5. The van der Waals surface area contributed by atoms with E-state index in [1.54, 1.807) is 0 Å². The average molecular weight is 223 g/mol. The molecule has 0 saturated carbocycles. The maximum absolute atomic E-state index is 10.5. The summed E-state index contributed by atoms with van der Waals surface area (Å²) in [6, 6.07) is 1.28. The second-order valence-corrected chi connectivity index (χ2v) is 3.12. The van der Waals surface area contributed by atoms with Gasteiger partial charge in [-0.3, -0.25) is 10.1 Å². The molecule has 2 heterocycles. The van der Waals surface area contributed by atoms with Crippen molar-refractivity contribution in [3.05, 3.63) is 45.0 Å². The smallest absolute Gasteiger partial charge is 0.258 e. The predicted octanol–water partition coefficient (Wildman–Crippen LogP) is 2.45. The van der Waals surface area contributed by atoms with E-state index in [-0.39, 0.29) is 16.4 Å². The van der Waals surface area contributed by atoms with Gasteiger partial charge in [-0.1, -0.05) is 11.6 Å². The standard InChI is InChI=1S/C8H3ClN4O2/c1-10-6-3-11-12-4-5(13(14)15)2-7(12)8(6)9/h2-4H. The lowest BCUT2D eigenvalue weighted by Gasteiger charge is -1.96. The largest absolute Gasteiger partial charge is 0.289 e. The fraction of sp³-hybridized carbons (Fsp3) is 0. The first kappa shape index (κ1) is 9.43. The van der Waals surface area contributed by atoms with Crippen LogP contribution in [0.3, 0.4) is 0 Å². The summed E-state index contributed by atoms with van der Waals surface area (Å²) < 4.78 is 1.27. The van der Waals surface area contributed by atoms with Crippen LogP contribution in [0.2, 0.25) is 5.02 Å². The van der Waals surface area contributed by atoms with Gasteiger partial charge >= 0.3 is 0 Å². The Hall–Kier alpha value is -2.13. The molecule has 0 radical (unpaired) electrons. The molecular weight excluding hydrogens is 220 g/mol. The van der Waals surface area contributed by atoms with Gasteiger partial charge in [0.05, 0.1) is 28.2 Å². The maximum Gasteiger partial charge on any atom is 0.289 e. The molecule has 0 spiro atoms. The Morgan fingerprint density at radius 1 is 1.67 bits per heavy atom. The van der Waals surface area contributed by atoms with E-state index in [4.69, 9.17) is 18.2 Å². The minimum Gasteiger partial charge on any atom is -0.258 e. The number of hydrogen-bond donors (Lipinski definition) is 0. The minimum atomic E-state index is -0.539. The number of fused-ring (bicyclic) bond motifs is 1. The molecule has 2 aromatic heterocycles. The van der Waals surface area contributed by atoms with Crippen LogP contribution in [0, 0.1) is 16.7 Å². The molecule has 0 aliphatic carbocycles. The Kier molecular flexibility index (Phi) is 2.02. The number of nitrogens with zero attached hydrogens (tertiary/aromatic N) is 4. The van der Waals surface area contributed by atoms with E-state index in [9.17, 15) is 10.1 Å². The molecule has 0 unspecified atom stereocenters. The molecule has 0 bridgehead atoms. The van der Waals surface area contributed by atoms with Gasteiger partial charge in [0.15, 0.2) is 0 Å². The normalized spacial score (nSPS) is 10.1. The van der Waals surface area contributed by atoms with E-state index in [2.05, 4.69) is 9.94 Å². The fourth-order valence-electron chi connectivity index (χ4n) is 1.18. The van der Waals surface area contributed by atoms with Crippen molar-refractivity contribution >= 4 is 28.5 Å². The third-order valence-electron chi connectivity index (χ3n) is 1.87. The monoisotopic (exact) mass is 222 g/mol. The van der Waals surface area contributed by atoms with Crippen LogP contribution < -0.4 is 0 Å². The van der Waals surface area contributed by atoms with E-state index in [0.717, 1.165) is 0 Å². The molecule has 0 N–H and O–H groups in total. The van der Waals surface area contributed by atoms with Crippen molar-refractivity contribution in [2.45, 2.75) is 0 Å². The number of aromatic nitrogens is 2. The summed E-state index contributed by atoms with van der Waals surface area (Å²) in [5.41, 5.74) is 0.431. The number of rotatable bonds is 1. The first-order valence-corrected chi connectivity index (χ1v) is 4.20. The van der Waals surface area contributed by atoms with Crippen LogP contribution in [0.15, 0.2) is 18.5 Å². The van der Waals surface area contributed by atoms with Crippen molar-refractivity contribution in [2.24, 2.45) is 0 Å². The summed E-state index contributed by atoms with van der Waals surface area (Å²) >= 11 is 5.86. The van der Waals surface area contributed by atoms with E-state index in [1.807, 2.05) is 0 Å². The first-order chi connectivity index (χ1) is 7.13. The molecule has 0 atom stereocenters. The molecule has 0 aliphatic heterocycles. The Balaban J connectivity index is 2.78. The highest BCUT2D eigenvalue weighted by Gasteiger charge is 2.14. The van der Waals surface area contributed by atoms with Crippen LogP contribution in [0.4, 0.5) is 11.4 Å². The fourth-order valence-corrected chi connectivity index (χ4v) is 1.41. The first-order valence-electron chi connectivity index (χ1n) is 3.82. The van der Waals surface area contributed by atoms with Crippen LogP contribution in [-0.2, 0) is 0 Å². The molecule has 15 heavy (non-hydrogen) atoms. The van der Waals surface area contributed by atoms with E-state index in [1.165, 1.54) is 23.0 Å². The van der Waals surface area contributed by atoms with E-state index in [0.29, 0.717) is 5.52 Å². The van der Waals surface area contributed by atoms with E-state index < -0.39 is 4.92 Å². The molecular formula is C8H3ClN4O2. The Morgan fingerprint density at radius 3 is 3.00 bits per heavy atom. The summed E-state index contributed by atoms with van der Waals surface area (Å²) in [6.07, 6.45) is 2.51.